The molecule has 2 aromatic carbocycles. The molecule has 32 heavy (non-hydrogen) atoms. The molecule has 1 aliphatic rings. The second-order valence-electron chi connectivity index (χ2n) is 7.49. The summed E-state index contributed by atoms with van der Waals surface area (Å²) in [4.78, 5) is 20.4. The minimum atomic E-state index is -3.67. The smallest absolute Gasteiger partial charge is 0.316 e. The average Bonchev–Trinajstić information content (AvgIpc) is 3.61. The van der Waals surface area contributed by atoms with Crippen molar-refractivity contribution in [2.24, 2.45) is 5.73 Å². The standard InChI is InChI=1S/C22H23N5O4S/c23-21(29)25-16-8-6-15(7-9-16)20-26-18(14-19(27-20)24-12-13-28)22(10-11-22)32(30,31)17-4-2-1-3-5-17/h1-9,14,28H,10-13H2,(H3,23,25,29)(H,24,26,27). The molecule has 0 radical (unpaired) electrons. The maximum atomic E-state index is 13.5. The van der Waals surface area contributed by atoms with Gasteiger partial charge < -0.3 is 21.5 Å². The third kappa shape index (κ3) is 4.14. The zero-order valence-electron chi connectivity index (χ0n) is 17.2. The van der Waals surface area contributed by atoms with Gasteiger partial charge in [-0.05, 0) is 49.2 Å². The first kappa shape index (κ1) is 21.7. The highest BCUT2D eigenvalue weighted by molar-refractivity contribution is 7.92. The topological polar surface area (TPSA) is 147 Å². The van der Waals surface area contributed by atoms with Crippen LogP contribution in [0.2, 0.25) is 0 Å². The molecule has 0 atom stereocenters. The van der Waals surface area contributed by atoms with E-state index in [1.54, 1.807) is 60.7 Å². The number of benzene rings is 2. The number of sulfone groups is 1. The lowest BCUT2D eigenvalue weighted by atomic mass is 10.1. The number of hydrogen-bond donors (Lipinski definition) is 4. The first-order chi connectivity index (χ1) is 15.4. The number of aliphatic hydroxyl groups excluding tert-OH is 1. The molecule has 0 unspecified atom stereocenters. The van der Waals surface area contributed by atoms with E-state index in [-0.39, 0.29) is 18.0 Å². The Morgan fingerprint density at radius 3 is 2.34 bits per heavy atom. The van der Waals surface area contributed by atoms with Crippen molar-refractivity contribution in [3.63, 3.8) is 0 Å². The van der Waals surface area contributed by atoms with Gasteiger partial charge >= 0.3 is 6.03 Å². The number of primary amides is 1. The van der Waals surface area contributed by atoms with E-state index in [9.17, 15) is 18.3 Å². The SMILES string of the molecule is NC(=O)Nc1ccc(-c2nc(NCCO)cc(C3(S(=O)(=O)c4ccccc4)CC3)n2)cc1. The molecule has 10 heteroatoms. The second kappa shape index (κ2) is 8.56. The fourth-order valence-electron chi connectivity index (χ4n) is 3.53. The number of nitrogens with one attached hydrogen (secondary N) is 2. The summed E-state index contributed by atoms with van der Waals surface area (Å²) >= 11 is 0. The van der Waals surface area contributed by atoms with Gasteiger partial charge in [0.2, 0.25) is 0 Å². The fraction of sp³-hybridized carbons (Fsp3) is 0.227. The van der Waals surface area contributed by atoms with E-state index < -0.39 is 20.6 Å². The first-order valence-electron chi connectivity index (χ1n) is 10.1. The molecule has 0 spiro atoms. The molecule has 1 aromatic heterocycles. The number of aliphatic hydroxyl groups is 1. The zero-order valence-corrected chi connectivity index (χ0v) is 18.0. The molecule has 1 saturated carbocycles. The van der Waals surface area contributed by atoms with Gasteiger partial charge in [0.15, 0.2) is 15.7 Å². The molecule has 3 aromatic rings. The van der Waals surface area contributed by atoms with Crippen molar-refractivity contribution in [1.29, 1.82) is 0 Å². The third-order valence-corrected chi connectivity index (χ3v) is 7.83. The maximum absolute atomic E-state index is 13.5. The van der Waals surface area contributed by atoms with Crippen LogP contribution in [-0.4, -0.2) is 42.7 Å². The molecule has 4 rings (SSSR count). The molecule has 1 fully saturated rings. The van der Waals surface area contributed by atoms with Gasteiger partial charge in [0.1, 0.15) is 10.6 Å². The quantitative estimate of drug-likeness (QED) is 0.410. The number of nitrogens with zero attached hydrogens (tertiary/aromatic N) is 2. The van der Waals surface area contributed by atoms with Crippen LogP contribution in [0.15, 0.2) is 65.6 Å². The summed E-state index contributed by atoms with van der Waals surface area (Å²) in [7, 11) is -3.67. The third-order valence-electron chi connectivity index (χ3n) is 5.29. The Morgan fingerprint density at radius 1 is 1.06 bits per heavy atom. The molecular weight excluding hydrogens is 430 g/mol. The molecule has 5 N–H and O–H groups in total. The van der Waals surface area contributed by atoms with Gasteiger partial charge in [-0.25, -0.2) is 23.2 Å². The maximum Gasteiger partial charge on any atom is 0.316 e. The van der Waals surface area contributed by atoms with Crippen molar-refractivity contribution in [1.82, 2.24) is 9.97 Å². The number of carbonyl (C=O) groups is 1. The lowest BCUT2D eigenvalue weighted by Gasteiger charge is -2.18. The van der Waals surface area contributed by atoms with E-state index in [1.165, 1.54) is 0 Å². The largest absolute Gasteiger partial charge is 0.395 e. The van der Waals surface area contributed by atoms with Crippen molar-refractivity contribution in [3.8, 4) is 11.4 Å². The predicted octanol–water partition coefficient (Wildman–Crippen LogP) is 2.50. The molecule has 1 aliphatic carbocycles. The number of hydrogen-bond acceptors (Lipinski definition) is 7. The summed E-state index contributed by atoms with van der Waals surface area (Å²) in [6, 6.07) is 16.1. The van der Waals surface area contributed by atoms with Crippen molar-refractivity contribution in [3.05, 3.63) is 66.4 Å². The number of amides is 2. The molecule has 166 valence electrons. The van der Waals surface area contributed by atoms with E-state index in [0.29, 0.717) is 41.4 Å². The molecule has 0 bridgehead atoms. The van der Waals surface area contributed by atoms with Crippen LogP contribution in [0.25, 0.3) is 11.4 Å². The molecule has 9 nitrogen and oxygen atoms in total. The number of anilines is 2. The number of carbonyl (C=O) groups excluding carboxylic acids is 1. The Bertz CT molecular complexity index is 1230. The van der Waals surface area contributed by atoms with Crippen molar-refractivity contribution >= 4 is 27.4 Å². The Labute approximate surface area is 185 Å². The summed E-state index contributed by atoms with van der Waals surface area (Å²) in [5.41, 5.74) is 6.71. The number of nitrogens with two attached hydrogens (primary N) is 1. The van der Waals surface area contributed by atoms with E-state index in [0.717, 1.165) is 0 Å². The van der Waals surface area contributed by atoms with Gasteiger partial charge in [0.25, 0.3) is 0 Å². The van der Waals surface area contributed by atoms with Crippen LogP contribution in [0.4, 0.5) is 16.3 Å². The van der Waals surface area contributed by atoms with Crippen LogP contribution in [-0.2, 0) is 14.6 Å². The minimum Gasteiger partial charge on any atom is -0.395 e. The normalized spacial score (nSPS) is 14.5. The minimum absolute atomic E-state index is 0.102. The number of aromatic nitrogens is 2. The Kier molecular flexibility index (Phi) is 5.81. The monoisotopic (exact) mass is 453 g/mol. The summed E-state index contributed by atoms with van der Waals surface area (Å²) in [5.74, 6) is 0.760. The lowest BCUT2D eigenvalue weighted by molar-refractivity contribution is 0.259. The Hall–Kier alpha value is -3.50. The van der Waals surface area contributed by atoms with Gasteiger partial charge in [-0.15, -0.1) is 0 Å². The van der Waals surface area contributed by atoms with Gasteiger partial charge in [0, 0.05) is 23.9 Å². The van der Waals surface area contributed by atoms with Gasteiger partial charge in [-0.3, -0.25) is 0 Å². The van der Waals surface area contributed by atoms with E-state index in [4.69, 9.17) is 5.73 Å². The molecule has 0 saturated heterocycles. The van der Waals surface area contributed by atoms with Crippen LogP contribution < -0.4 is 16.4 Å². The van der Waals surface area contributed by atoms with Gasteiger partial charge in [-0.2, -0.15) is 0 Å². The summed E-state index contributed by atoms with van der Waals surface area (Å²) in [6.45, 7) is 0.158. The highest BCUT2D eigenvalue weighted by Gasteiger charge is 2.57. The predicted molar refractivity (Wildman–Crippen MR) is 121 cm³/mol. The molecular formula is C22H23N5O4S. The van der Waals surface area contributed by atoms with E-state index >= 15 is 0 Å². The zero-order chi connectivity index (χ0) is 22.8. The first-order valence-corrected chi connectivity index (χ1v) is 11.5. The Balaban J connectivity index is 1.77. The fourth-order valence-corrected chi connectivity index (χ4v) is 5.52. The van der Waals surface area contributed by atoms with Gasteiger partial charge in [0.05, 0.1) is 17.2 Å². The van der Waals surface area contributed by atoms with Crippen LogP contribution >= 0.6 is 0 Å². The highest BCUT2D eigenvalue weighted by Crippen LogP contribution is 2.55. The second-order valence-corrected chi connectivity index (χ2v) is 9.75. The molecule has 2 amide bonds. The van der Waals surface area contributed by atoms with Crippen molar-refractivity contribution in [2.75, 3.05) is 23.8 Å². The van der Waals surface area contributed by atoms with E-state index in [2.05, 4.69) is 20.6 Å². The van der Waals surface area contributed by atoms with Crippen LogP contribution in [0.3, 0.4) is 0 Å². The van der Waals surface area contributed by atoms with Crippen molar-refractivity contribution < 1.29 is 18.3 Å². The summed E-state index contributed by atoms with van der Waals surface area (Å²) < 4.78 is 25.8. The van der Waals surface area contributed by atoms with Crippen LogP contribution in [0.5, 0.6) is 0 Å². The molecule has 1 heterocycles. The average molecular weight is 454 g/mol. The summed E-state index contributed by atoms with van der Waals surface area (Å²) in [5, 5.41) is 14.7. The van der Waals surface area contributed by atoms with E-state index in [1.807, 2.05) is 0 Å². The van der Waals surface area contributed by atoms with Crippen LogP contribution in [0, 0.1) is 0 Å². The Morgan fingerprint density at radius 2 is 1.75 bits per heavy atom. The van der Waals surface area contributed by atoms with Crippen molar-refractivity contribution in [2.45, 2.75) is 22.5 Å². The number of urea groups is 1. The summed E-state index contributed by atoms with van der Waals surface area (Å²) in [6.07, 6.45) is 0.920. The van der Waals surface area contributed by atoms with Gasteiger partial charge in [-0.1, -0.05) is 18.2 Å². The number of rotatable bonds is 8. The van der Waals surface area contributed by atoms with Crippen LogP contribution in [0.1, 0.15) is 18.5 Å². The highest BCUT2D eigenvalue weighted by atomic mass is 32.2. The molecule has 0 aliphatic heterocycles. The lowest BCUT2D eigenvalue weighted by Crippen LogP contribution is -2.23.